The second-order valence-corrected chi connectivity index (χ2v) is 5.76. The van der Waals surface area contributed by atoms with Crippen molar-refractivity contribution >= 4 is 35.3 Å². The molecule has 120 valence electrons. The summed E-state index contributed by atoms with van der Waals surface area (Å²) >= 11 is 11.9. The van der Waals surface area contributed by atoms with Crippen LogP contribution in [0.4, 0.5) is 0 Å². The van der Waals surface area contributed by atoms with E-state index in [0.717, 1.165) is 5.56 Å². The lowest BCUT2D eigenvalue weighted by Gasteiger charge is -2.07. The number of carbonyl (C=O) groups is 1. The zero-order valence-corrected chi connectivity index (χ0v) is 14.3. The number of aryl methyl sites for hydroxylation is 2. The number of nitrogens with zero attached hydrogens (tertiary/aromatic N) is 1. The smallest absolute Gasteiger partial charge is 0.277 e. The maximum atomic E-state index is 11.7. The second-order valence-electron chi connectivity index (χ2n) is 4.97. The van der Waals surface area contributed by atoms with E-state index in [-0.39, 0.29) is 12.5 Å². The van der Waals surface area contributed by atoms with Crippen LogP contribution in [-0.2, 0) is 4.79 Å². The number of amides is 1. The molecule has 0 aliphatic rings. The van der Waals surface area contributed by atoms with Gasteiger partial charge < -0.3 is 4.74 Å². The van der Waals surface area contributed by atoms with E-state index in [0.29, 0.717) is 21.4 Å². The van der Waals surface area contributed by atoms with Crippen molar-refractivity contribution in [1.29, 1.82) is 0 Å². The Morgan fingerprint density at radius 2 is 2.00 bits per heavy atom. The van der Waals surface area contributed by atoms with Gasteiger partial charge in [-0.2, -0.15) is 5.10 Å². The summed E-state index contributed by atoms with van der Waals surface area (Å²) in [4.78, 5) is 11.7. The Morgan fingerprint density at radius 3 is 2.74 bits per heavy atom. The van der Waals surface area contributed by atoms with Crippen molar-refractivity contribution in [3.8, 4) is 5.75 Å². The predicted octanol–water partition coefficient (Wildman–Crippen LogP) is 4.14. The zero-order valence-electron chi connectivity index (χ0n) is 12.8. The Kier molecular flexibility index (Phi) is 6.02. The van der Waals surface area contributed by atoms with Crippen LogP contribution < -0.4 is 10.2 Å². The van der Waals surface area contributed by atoms with E-state index in [1.165, 1.54) is 11.8 Å². The molecule has 0 radical (unpaired) electrons. The third kappa shape index (κ3) is 4.98. The fourth-order valence-corrected chi connectivity index (χ4v) is 2.14. The summed E-state index contributed by atoms with van der Waals surface area (Å²) in [5.41, 5.74) is 5.28. The monoisotopic (exact) mass is 350 g/mol. The molecule has 0 saturated carbocycles. The van der Waals surface area contributed by atoms with Crippen LogP contribution in [-0.4, -0.2) is 18.7 Å². The molecule has 4 nitrogen and oxygen atoms in total. The van der Waals surface area contributed by atoms with Gasteiger partial charge in [-0.1, -0.05) is 41.4 Å². The minimum atomic E-state index is -0.363. The second kappa shape index (κ2) is 7.99. The molecule has 1 N–H and O–H groups in total. The maximum Gasteiger partial charge on any atom is 0.277 e. The summed E-state index contributed by atoms with van der Waals surface area (Å²) in [6, 6.07) is 10.8. The minimum Gasteiger partial charge on any atom is -0.484 e. The highest BCUT2D eigenvalue weighted by atomic mass is 35.5. The van der Waals surface area contributed by atoms with Crippen LogP contribution >= 0.6 is 23.2 Å². The SMILES string of the molecule is Cc1ccc(OCC(=O)N/N=C\c2cccc(Cl)c2Cl)cc1C. The summed E-state index contributed by atoms with van der Waals surface area (Å²) in [6.45, 7) is 3.88. The van der Waals surface area contributed by atoms with Crippen molar-refractivity contribution in [3.05, 3.63) is 63.1 Å². The summed E-state index contributed by atoms with van der Waals surface area (Å²) in [5, 5.41) is 4.66. The molecule has 23 heavy (non-hydrogen) atoms. The predicted molar refractivity (Wildman–Crippen MR) is 93.6 cm³/mol. The molecule has 0 aromatic heterocycles. The number of halogens is 2. The van der Waals surface area contributed by atoms with Gasteiger partial charge in [0.25, 0.3) is 5.91 Å². The van der Waals surface area contributed by atoms with Crippen LogP contribution in [0.15, 0.2) is 41.5 Å². The first-order valence-corrected chi connectivity index (χ1v) is 7.69. The number of nitrogens with one attached hydrogen (secondary N) is 1. The van der Waals surface area contributed by atoms with Gasteiger partial charge in [-0.15, -0.1) is 0 Å². The van der Waals surface area contributed by atoms with Gasteiger partial charge in [-0.25, -0.2) is 5.43 Å². The average molecular weight is 351 g/mol. The molecule has 0 aliphatic carbocycles. The highest BCUT2D eigenvalue weighted by Gasteiger charge is 2.04. The molecule has 0 unspecified atom stereocenters. The summed E-state index contributed by atoms with van der Waals surface area (Å²) in [5.74, 6) is 0.280. The van der Waals surface area contributed by atoms with Crippen LogP contribution in [0.3, 0.4) is 0 Å². The number of carbonyl (C=O) groups excluding carboxylic acids is 1. The number of hydrazone groups is 1. The molecule has 0 bridgehead atoms. The Balaban J connectivity index is 1.86. The molecule has 2 rings (SSSR count). The Morgan fingerprint density at radius 1 is 1.22 bits per heavy atom. The van der Waals surface area contributed by atoms with Crippen LogP contribution in [0, 0.1) is 13.8 Å². The first-order chi connectivity index (χ1) is 11.0. The van der Waals surface area contributed by atoms with Crippen molar-refractivity contribution in [2.45, 2.75) is 13.8 Å². The van der Waals surface area contributed by atoms with E-state index in [1.54, 1.807) is 18.2 Å². The average Bonchev–Trinajstić information content (AvgIpc) is 2.52. The van der Waals surface area contributed by atoms with E-state index in [4.69, 9.17) is 27.9 Å². The van der Waals surface area contributed by atoms with E-state index in [2.05, 4.69) is 10.5 Å². The van der Waals surface area contributed by atoms with E-state index in [1.807, 2.05) is 32.0 Å². The molecule has 0 saturated heterocycles. The van der Waals surface area contributed by atoms with Crippen LogP contribution in [0.25, 0.3) is 0 Å². The molecule has 0 aliphatic heterocycles. The fraction of sp³-hybridized carbons (Fsp3) is 0.176. The first-order valence-electron chi connectivity index (χ1n) is 6.93. The third-order valence-corrected chi connectivity index (χ3v) is 4.06. The largest absolute Gasteiger partial charge is 0.484 e. The van der Waals surface area contributed by atoms with Crippen LogP contribution in [0.5, 0.6) is 5.75 Å². The van der Waals surface area contributed by atoms with Crippen molar-refractivity contribution in [1.82, 2.24) is 5.43 Å². The van der Waals surface area contributed by atoms with Crippen molar-refractivity contribution in [3.63, 3.8) is 0 Å². The zero-order chi connectivity index (χ0) is 16.8. The van der Waals surface area contributed by atoms with E-state index < -0.39 is 0 Å². The molecule has 2 aromatic carbocycles. The molecule has 1 amide bonds. The van der Waals surface area contributed by atoms with Gasteiger partial charge in [0, 0.05) is 5.56 Å². The van der Waals surface area contributed by atoms with Crippen LogP contribution in [0.2, 0.25) is 10.0 Å². The third-order valence-electron chi connectivity index (χ3n) is 3.22. The topological polar surface area (TPSA) is 50.7 Å². The lowest BCUT2D eigenvalue weighted by Crippen LogP contribution is -2.24. The summed E-state index contributed by atoms with van der Waals surface area (Å²) in [6.07, 6.45) is 1.43. The van der Waals surface area contributed by atoms with Gasteiger partial charge in [-0.05, 0) is 43.2 Å². The van der Waals surface area contributed by atoms with E-state index >= 15 is 0 Å². The maximum absolute atomic E-state index is 11.7. The lowest BCUT2D eigenvalue weighted by atomic mass is 10.1. The molecular formula is C17H16Cl2N2O2. The van der Waals surface area contributed by atoms with Gasteiger partial charge in [0.15, 0.2) is 6.61 Å². The number of hydrogen-bond donors (Lipinski definition) is 1. The van der Waals surface area contributed by atoms with Crippen molar-refractivity contribution < 1.29 is 9.53 Å². The number of ether oxygens (including phenoxy) is 1. The number of hydrogen-bond acceptors (Lipinski definition) is 3. The highest BCUT2D eigenvalue weighted by molar-refractivity contribution is 6.43. The first kappa shape index (κ1) is 17.3. The summed E-state index contributed by atoms with van der Waals surface area (Å²) in [7, 11) is 0. The van der Waals surface area contributed by atoms with Gasteiger partial charge >= 0.3 is 0 Å². The lowest BCUT2D eigenvalue weighted by molar-refractivity contribution is -0.123. The Labute approximate surface area is 145 Å². The van der Waals surface area contributed by atoms with Gasteiger partial charge in [0.1, 0.15) is 5.75 Å². The molecule has 0 fully saturated rings. The molecule has 6 heteroatoms. The Hall–Kier alpha value is -2.04. The normalized spacial score (nSPS) is 10.8. The molecule has 2 aromatic rings. The Bertz CT molecular complexity index is 745. The van der Waals surface area contributed by atoms with Crippen LogP contribution in [0.1, 0.15) is 16.7 Å². The number of benzene rings is 2. The van der Waals surface area contributed by atoms with E-state index in [9.17, 15) is 4.79 Å². The van der Waals surface area contributed by atoms with Crippen molar-refractivity contribution in [2.75, 3.05) is 6.61 Å². The summed E-state index contributed by atoms with van der Waals surface area (Å²) < 4.78 is 5.42. The van der Waals surface area contributed by atoms with Gasteiger partial charge in [0.05, 0.1) is 16.3 Å². The molecular weight excluding hydrogens is 335 g/mol. The molecule has 0 atom stereocenters. The molecule has 0 spiro atoms. The fourth-order valence-electron chi connectivity index (χ4n) is 1.78. The number of rotatable bonds is 5. The van der Waals surface area contributed by atoms with Crippen molar-refractivity contribution in [2.24, 2.45) is 5.10 Å². The minimum absolute atomic E-state index is 0.122. The standard InChI is InChI=1S/C17H16Cl2N2O2/c1-11-6-7-14(8-12(11)2)23-10-16(22)21-20-9-13-4-3-5-15(18)17(13)19/h3-9H,10H2,1-2H3,(H,21,22)/b20-9-. The van der Waals surface area contributed by atoms with Gasteiger partial charge in [-0.3, -0.25) is 4.79 Å². The highest BCUT2D eigenvalue weighted by Crippen LogP contribution is 2.24. The van der Waals surface area contributed by atoms with Gasteiger partial charge in [0.2, 0.25) is 0 Å². The quantitative estimate of drug-likeness (QED) is 0.650. The molecule has 0 heterocycles.